The molecule has 0 radical (unpaired) electrons. The van der Waals surface area contributed by atoms with Crippen molar-refractivity contribution in [3.05, 3.63) is 59.9 Å². The molecular formula is C26H30N6O. The second kappa shape index (κ2) is 7.68. The molecule has 2 aromatic rings. The molecule has 1 amide bonds. The molecule has 2 fully saturated rings. The number of benzene rings is 1. The predicted octanol–water partition coefficient (Wildman–Crippen LogP) is 3.53. The van der Waals surface area contributed by atoms with Crippen LogP contribution in [0.5, 0.6) is 0 Å². The van der Waals surface area contributed by atoms with Crippen LogP contribution in [0.3, 0.4) is 0 Å². The Morgan fingerprint density at radius 3 is 2.79 bits per heavy atom. The van der Waals surface area contributed by atoms with Gasteiger partial charge in [-0.25, -0.2) is 9.97 Å². The quantitative estimate of drug-likeness (QED) is 0.767. The number of likely N-dealkylation sites (N-methyl/N-ethyl adjacent to an activating group) is 1. The summed E-state index contributed by atoms with van der Waals surface area (Å²) in [6.45, 7) is 2.87. The first kappa shape index (κ1) is 20.4. The minimum atomic E-state index is -0.282. The Kier molecular flexibility index (Phi) is 4.75. The predicted molar refractivity (Wildman–Crippen MR) is 129 cm³/mol. The van der Waals surface area contributed by atoms with E-state index in [9.17, 15) is 4.79 Å². The van der Waals surface area contributed by atoms with E-state index >= 15 is 0 Å². The van der Waals surface area contributed by atoms with E-state index in [0.717, 1.165) is 37.9 Å². The van der Waals surface area contributed by atoms with Crippen LogP contribution >= 0.6 is 0 Å². The Labute approximate surface area is 194 Å². The van der Waals surface area contributed by atoms with Crippen LogP contribution in [0, 0.1) is 5.92 Å². The third-order valence-electron chi connectivity index (χ3n) is 7.46. The molecule has 5 unspecified atom stereocenters. The van der Waals surface area contributed by atoms with Gasteiger partial charge in [-0.1, -0.05) is 36.4 Å². The zero-order chi connectivity index (χ0) is 22.6. The first-order valence-electron chi connectivity index (χ1n) is 11.9. The Morgan fingerprint density at radius 2 is 2.03 bits per heavy atom. The molecule has 170 valence electrons. The van der Waals surface area contributed by atoms with E-state index in [1.165, 1.54) is 11.1 Å². The highest BCUT2D eigenvalue weighted by atomic mass is 16.2. The number of nitrogens with zero attached hydrogens (tertiary/aromatic N) is 5. The van der Waals surface area contributed by atoms with Crippen LogP contribution < -0.4 is 5.32 Å². The summed E-state index contributed by atoms with van der Waals surface area (Å²) < 4.78 is 0. The number of rotatable bonds is 5. The van der Waals surface area contributed by atoms with Gasteiger partial charge in [-0.3, -0.25) is 9.80 Å². The first-order chi connectivity index (χ1) is 16.0. The van der Waals surface area contributed by atoms with Gasteiger partial charge in [-0.15, -0.1) is 0 Å². The van der Waals surface area contributed by atoms with E-state index in [1.54, 1.807) is 0 Å². The third-order valence-corrected chi connectivity index (χ3v) is 7.46. The monoisotopic (exact) mass is 442 g/mol. The lowest BCUT2D eigenvalue weighted by atomic mass is 9.97. The summed E-state index contributed by atoms with van der Waals surface area (Å²) in [7, 11) is 1.96. The number of hydrogen-bond acceptors (Lipinski definition) is 6. The lowest BCUT2D eigenvalue weighted by Gasteiger charge is -2.34. The van der Waals surface area contributed by atoms with E-state index in [-0.39, 0.29) is 23.5 Å². The molecule has 7 heteroatoms. The number of hydrazone groups is 1. The molecule has 1 aliphatic carbocycles. The van der Waals surface area contributed by atoms with Crippen LogP contribution in [-0.2, 0) is 4.79 Å². The molecule has 7 nitrogen and oxygen atoms in total. The number of amides is 1. The average Bonchev–Trinajstić information content (AvgIpc) is 3.49. The number of anilines is 1. The van der Waals surface area contributed by atoms with Crippen LogP contribution in [0.4, 0.5) is 5.95 Å². The van der Waals surface area contributed by atoms with E-state index < -0.39 is 0 Å². The maximum atomic E-state index is 13.4. The zero-order valence-electron chi connectivity index (χ0n) is 19.2. The van der Waals surface area contributed by atoms with Gasteiger partial charge in [0.2, 0.25) is 11.9 Å². The maximum Gasteiger partial charge on any atom is 0.227 e. The largest absolute Gasteiger partial charge is 0.342 e. The molecule has 5 atom stereocenters. The van der Waals surface area contributed by atoms with Crippen LogP contribution in [0.15, 0.2) is 53.8 Å². The van der Waals surface area contributed by atoms with Crippen molar-refractivity contribution in [3.63, 3.8) is 0 Å². The second-order valence-electron chi connectivity index (χ2n) is 10.2. The molecule has 4 heterocycles. The summed E-state index contributed by atoms with van der Waals surface area (Å²) in [5, 5.41) is 9.68. The minimum absolute atomic E-state index is 0.146. The normalized spacial score (nSPS) is 32.1. The Hall–Kier alpha value is -3.22. The molecule has 33 heavy (non-hydrogen) atoms. The SMILES string of the molecule is CN1CC(C)(Nc2nccc(C3=CC4CCC(C3)N4C(=O)C3CC3c3ccccc3)n2)C=N1. The van der Waals surface area contributed by atoms with Gasteiger partial charge < -0.3 is 10.2 Å². The summed E-state index contributed by atoms with van der Waals surface area (Å²) >= 11 is 0. The zero-order valence-corrected chi connectivity index (χ0v) is 19.2. The van der Waals surface area contributed by atoms with Gasteiger partial charge in [0.25, 0.3) is 0 Å². The summed E-state index contributed by atoms with van der Waals surface area (Å²) in [6, 6.07) is 12.9. The lowest BCUT2D eigenvalue weighted by Crippen LogP contribution is -2.44. The standard InChI is InChI=1S/C26H30N6O/c1-26(15-28-31(2)16-26)30-25-27-11-10-23(29-25)18-12-19-8-9-20(13-18)32(19)24(33)22-14-21(22)17-6-4-3-5-7-17/h3-7,10-12,15,19-22H,8-9,13-14,16H2,1-2H3,(H,27,29,30). The smallest absolute Gasteiger partial charge is 0.227 e. The van der Waals surface area contributed by atoms with E-state index in [1.807, 2.05) is 36.6 Å². The van der Waals surface area contributed by atoms with Crippen molar-refractivity contribution in [1.29, 1.82) is 0 Å². The number of fused-ring (bicyclic) bond motifs is 2. The van der Waals surface area contributed by atoms with Gasteiger partial charge in [0.1, 0.15) is 0 Å². The van der Waals surface area contributed by atoms with Crippen LogP contribution in [0.1, 0.15) is 49.8 Å². The van der Waals surface area contributed by atoms with Crippen molar-refractivity contribution in [2.45, 2.75) is 56.1 Å². The van der Waals surface area contributed by atoms with Gasteiger partial charge in [-0.05, 0) is 55.7 Å². The first-order valence-corrected chi connectivity index (χ1v) is 11.9. The fraction of sp³-hybridized carbons (Fsp3) is 0.462. The van der Waals surface area contributed by atoms with Crippen molar-refractivity contribution in [2.24, 2.45) is 11.0 Å². The number of carbonyl (C=O) groups excluding carboxylic acids is 1. The molecule has 1 aromatic carbocycles. The van der Waals surface area contributed by atoms with Crippen molar-refractivity contribution in [3.8, 4) is 0 Å². The minimum Gasteiger partial charge on any atom is -0.342 e. The van der Waals surface area contributed by atoms with Gasteiger partial charge in [0.05, 0.1) is 30.0 Å². The van der Waals surface area contributed by atoms with Gasteiger partial charge >= 0.3 is 0 Å². The summed E-state index contributed by atoms with van der Waals surface area (Å²) in [4.78, 5) is 24.8. The highest BCUT2D eigenvalue weighted by Crippen LogP contribution is 2.50. The Morgan fingerprint density at radius 1 is 1.18 bits per heavy atom. The molecule has 1 N–H and O–H groups in total. The fourth-order valence-corrected chi connectivity index (χ4v) is 5.80. The molecule has 1 aromatic heterocycles. The molecule has 1 saturated heterocycles. The lowest BCUT2D eigenvalue weighted by molar-refractivity contribution is -0.134. The van der Waals surface area contributed by atoms with Crippen LogP contribution in [0.25, 0.3) is 5.57 Å². The van der Waals surface area contributed by atoms with Gasteiger partial charge in [0.15, 0.2) is 0 Å². The second-order valence-corrected chi connectivity index (χ2v) is 10.2. The molecule has 0 spiro atoms. The van der Waals surface area contributed by atoms with Crippen LogP contribution in [0.2, 0.25) is 0 Å². The third kappa shape index (κ3) is 3.79. The topological polar surface area (TPSA) is 73.7 Å². The number of aromatic nitrogens is 2. The van der Waals surface area contributed by atoms with Gasteiger partial charge in [0, 0.05) is 25.2 Å². The van der Waals surface area contributed by atoms with Crippen LogP contribution in [-0.4, -0.2) is 63.2 Å². The number of nitrogens with one attached hydrogen (secondary N) is 1. The Bertz CT molecular complexity index is 1130. The summed E-state index contributed by atoms with van der Waals surface area (Å²) in [5.41, 5.74) is 3.20. The highest BCUT2D eigenvalue weighted by Gasteiger charge is 2.50. The van der Waals surface area contributed by atoms with Crippen molar-refractivity contribution in [2.75, 3.05) is 18.9 Å². The molecule has 1 saturated carbocycles. The van der Waals surface area contributed by atoms with Crippen molar-refractivity contribution in [1.82, 2.24) is 19.9 Å². The van der Waals surface area contributed by atoms with E-state index in [2.05, 4.69) is 57.6 Å². The number of hydrogen-bond donors (Lipinski definition) is 1. The van der Waals surface area contributed by atoms with E-state index in [0.29, 0.717) is 17.8 Å². The maximum absolute atomic E-state index is 13.4. The molecule has 4 aliphatic rings. The average molecular weight is 443 g/mol. The molecule has 2 bridgehead atoms. The van der Waals surface area contributed by atoms with E-state index in [4.69, 9.17) is 4.98 Å². The highest BCUT2D eigenvalue weighted by molar-refractivity contribution is 5.85. The fourth-order valence-electron chi connectivity index (χ4n) is 5.80. The van der Waals surface area contributed by atoms with Gasteiger partial charge in [-0.2, -0.15) is 5.10 Å². The van der Waals surface area contributed by atoms with Crippen molar-refractivity contribution >= 4 is 23.6 Å². The molecule has 6 rings (SSSR count). The number of carbonyl (C=O) groups is 1. The summed E-state index contributed by atoms with van der Waals surface area (Å²) in [6.07, 6.45) is 9.96. The Balaban J connectivity index is 1.17. The molecular weight excluding hydrogens is 412 g/mol. The van der Waals surface area contributed by atoms with Crippen molar-refractivity contribution < 1.29 is 4.79 Å². The summed E-state index contributed by atoms with van der Waals surface area (Å²) in [5.74, 6) is 1.49. The molecule has 3 aliphatic heterocycles.